The Kier molecular flexibility index (Phi) is 12.0. The van der Waals surface area contributed by atoms with Crippen molar-refractivity contribution in [1.29, 1.82) is 0 Å². The van der Waals surface area contributed by atoms with Gasteiger partial charge in [-0.25, -0.2) is 9.59 Å². The van der Waals surface area contributed by atoms with E-state index in [0.29, 0.717) is 6.42 Å². The Morgan fingerprint density at radius 2 is 1.57 bits per heavy atom. The highest BCUT2D eigenvalue weighted by atomic mass is 16.7. The van der Waals surface area contributed by atoms with Gasteiger partial charge in [0.05, 0.1) is 6.61 Å². The van der Waals surface area contributed by atoms with Crippen LogP contribution in [0.25, 0.3) is 0 Å². The molecule has 6 N–H and O–H groups in total. The standard InChI is InChI=1S/C6H10O6.C6H14O3/c1-2-12-6(11)4(8)3(7)5(9)10;1-2-3-4-5-6(7,8)9/h3-4,7-8H,2H2,1H3,(H,9,10);7-9H,2-5H2,1H3. The first kappa shape index (κ1) is 22.0. The van der Waals surface area contributed by atoms with E-state index in [1.807, 2.05) is 6.92 Å². The normalized spacial score (nSPS) is 13.7. The van der Waals surface area contributed by atoms with Crippen LogP contribution >= 0.6 is 0 Å². The lowest BCUT2D eigenvalue weighted by atomic mass is 10.2. The lowest BCUT2D eigenvalue weighted by Crippen LogP contribution is -2.40. The molecule has 0 aliphatic rings. The second-order valence-electron chi connectivity index (χ2n) is 4.21. The average molecular weight is 312 g/mol. The van der Waals surface area contributed by atoms with Crippen molar-refractivity contribution in [2.75, 3.05) is 6.61 Å². The van der Waals surface area contributed by atoms with Gasteiger partial charge >= 0.3 is 11.9 Å². The third-order valence-electron chi connectivity index (χ3n) is 2.20. The van der Waals surface area contributed by atoms with Gasteiger partial charge in [0, 0.05) is 6.42 Å². The molecule has 0 bridgehead atoms. The average Bonchev–Trinajstić information content (AvgIpc) is 2.36. The fourth-order valence-corrected chi connectivity index (χ4v) is 1.10. The predicted molar refractivity (Wildman–Crippen MR) is 69.8 cm³/mol. The maximum atomic E-state index is 10.6. The van der Waals surface area contributed by atoms with E-state index in [1.54, 1.807) is 0 Å². The molecular weight excluding hydrogens is 288 g/mol. The summed E-state index contributed by atoms with van der Waals surface area (Å²) in [5, 5.41) is 50.6. The van der Waals surface area contributed by atoms with E-state index in [2.05, 4.69) is 4.74 Å². The van der Waals surface area contributed by atoms with Crippen LogP contribution in [0.1, 0.15) is 39.5 Å². The van der Waals surface area contributed by atoms with E-state index in [1.165, 1.54) is 6.92 Å². The maximum absolute atomic E-state index is 10.6. The third-order valence-corrected chi connectivity index (χ3v) is 2.20. The highest BCUT2D eigenvalue weighted by Crippen LogP contribution is 2.07. The molecule has 0 rings (SSSR count). The number of carboxylic acids is 1. The number of hydrogen-bond acceptors (Lipinski definition) is 8. The minimum absolute atomic E-state index is 0.0161. The van der Waals surface area contributed by atoms with E-state index in [9.17, 15) is 9.59 Å². The van der Waals surface area contributed by atoms with Crippen LogP contribution in [0.2, 0.25) is 0 Å². The van der Waals surface area contributed by atoms with Gasteiger partial charge in [0.15, 0.2) is 12.2 Å². The van der Waals surface area contributed by atoms with Crippen molar-refractivity contribution >= 4 is 11.9 Å². The molecule has 0 saturated heterocycles. The van der Waals surface area contributed by atoms with Crippen molar-refractivity contribution in [3.05, 3.63) is 0 Å². The van der Waals surface area contributed by atoms with Gasteiger partial charge in [-0.2, -0.15) is 0 Å². The second kappa shape index (κ2) is 11.4. The number of aliphatic carboxylic acids is 1. The van der Waals surface area contributed by atoms with Crippen LogP contribution in [0.4, 0.5) is 0 Å². The fourth-order valence-electron chi connectivity index (χ4n) is 1.10. The van der Waals surface area contributed by atoms with Crippen LogP contribution in [0.3, 0.4) is 0 Å². The molecule has 9 heteroatoms. The number of ether oxygens (including phenoxy) is 1. The Bertz CT molecular complexity index is 298. The number of carbonyl (C=O) groups excluding carboxylic acids is 1. The molecule has 0 aromatic heterocycles. The molecule has 0 aromatic carbocycles. The molecule has 0 radical (unpaired) electrons. The van der Waals surface area contributed by atoms with E-state index < -0.39 is 30.1 Å². The summed E-state index contributed by atoms with van der Waals surface area (Å²) >= 11 is 0. The largest absolute Gasteiger partial charge is 0.479 e. The highest BCUT2D eigenvalue weighted by molar-refractivity contribution is 5.84. The molecule has 0 amide bonds. The van der Waals surface area contributed by atoms with Crippen LogP contribution < -0.4 is 0 Å². The van der Waals surface area contributed by atoms with E-state index in [-0.39, 0.29) is 13.0 Å². The highest BCUT2D eigenvalue weighted by Gasteiger charge is 2.30. The van der Waals surface area contributed by atoms with Crippen LogP contribution in [-0.4, -0.2) is 67.4 Å². The first-order valence-corrected chi connectivity index (χ1v) is 6.49. The van der Waals surface area contributed by atoms with Crippen molar-refractivity contribution in [3.63, 3.8) is 0 Å². The molecule has 2 unspecified atom stereocenters. The zero-order valence-corrected chi connectivity index (χ0v) is 12.1. The van der Waals surface area contributed by atoms with Gasteiger partial charge in [-0.3, -0.25) is 0 Å². The molecule has 2 atom stereocenters. The minimum atomic E-state index is -2.45. The summed E-state index contributed by atoms with van der Waals surface area (Å²) in [4.78, 5) is 20.6. The summed E-state index contributed by atoms with van der Waals surface area (Å²) < 4.78 is 4.26. The Morgan fingerprint density at radius 3 is 1.90 bits per heavy atom. The molecule has 0 heterocycles. The molecular formula is C12H24O9. The molecule has 0 fully saturated rings. The zero-order chi connectivity index (χ0) is 17.1. The number of aliphatic hydroxyl groups excluding tert-OH is 2. The van der Waals surface area contributed by atoms with Crippen molar-refractivity contribution < 1.29 is 45.0 Å². The minimum Gasteiger partial charge on any atom is -0.479 e. The van der Waals surface area contributed by atoms with Crippen LogP contribution in [0.15, 0.2) is 0 Å². The number of aliphatic hydroxyl groups is 5. The van der Waals surface area contributed by atoms with Crippen molar-refractivity contribution in [3.8, 4) is 0 Å². The number of unbranched alkanes of at least 4 members (excludes halogenated alkanes) is 2. The zero-order valence-electron chi connectivity index (χ0n) is 12.1. The summed E-state index contributed by atoms with van der Waals surface area (Å²) in [6, 6.07) is 0. The Balaban J connectivity index is 0. The SMILES string of the molecule is CCCCCC(O)(O)O.CCOC(=O)C(O)C(O)C(=O)O. The summed E-state index contributed by atoms with van der Waals surface area (Å²) in [5.74, 6) is -5.27. The van der Waals surface area contributed by atoms with Crippen LogP contribution in [0, 0.1) is 0 Å². The predicted octanol–water partition coefficient (Wildman–Crippen LogP) is -1.45. The van der Waals surface area contributed by atoms with Gasteiger partial charge in [0.1, 0.15) is 0 Å². The summed E-state index contributed by atoms with van der Waals surface area (Å²) in [6.07, 6.45) is -1.54. The summed E-state index contributed by atoms with van der Waals surface area (Å²) in [6.45, 7) is 3.52. The monoisotopic (exact) mass is 312 g/mol. The quantitative estimate of drug-likeness (QED) is 0.179. The van der Waals surface area contributed by atoms with E-state index in [0.717, 1.165) is 12.8 Å². The number of esters is 1. The van der Waals surface area contributed by atoms with E-state index >= 15 is 0 Å². The summed E-state index contributed by atoms with van der Waals surface area (Å²) in [5.41, 5.74) is 0. The van der Waals surface area contributed by atoms with Gasteiger partial charge in [-0.05, 0) is 13.3 Å². The first-order chi connectivity index (χ1) is 9.56. The van der Waals surface area contributed by atoms with Crippen LogP contribution in [-0.2, 0) is 14.3 Å². The topological polar surface area (TPSA) is 165 Å². The molecule has 0 saturated carbocycles. The molecule has 0 spiro atoms. The Hall–Kier alpha value is -1.26. The Morgan fingerprint density at radius 1 is 1.05 bits per heavy atom. The van der Waals surface area contributed by atoms with Gasteiger partial charge in [-0.1, -0.05) is 19.8 Å². The molecule has 0 aliphatic heterocycles. The number of hydrogen-bond donors (Lipinski definition) is 6. The van der Waals surface area contributed by atoms with Gasteiger partial charge in [0.25, 0.3) is 5.97 Å². The lowest BCUT2D eigenvalue weighted by molar-refractivity contribution is -0.315. The van der Waals surface area contributed by atoms with Crippen molar-refractivity contribution in [2.24, 2.45) is 0 Å². The smallest absolute Gasteiger partial charge is 0.338 e. The second-order valence-corrected chi connectivity index (χ2v) is 4.21. The summed E-state index contributed by atoms with van der Waals surface area (Å²) in [7, 11) is 0. The Labute approximate surface area is 122 Å². The first-order valence-electron chi connectivity index (χ1n) is 6.49. The fraction of sp³-hybridized carbons (Fsp3) is 0.833. The number of carbonyl (C=O) groups is 2. The molecule has 21 heavy (non-hydrogen) atoms. The third kappa shape index (κ3) is 13.5. The van der Waals surface area contributed by atoms with Crippen molar-refractivity contribution in [2.45, 2.75) is 57.7 Å². The molecule has 0 aliphatic carbocycles. The molecule has 9 nitrogen and oxygen atoms in total. The van der Waals surface area contributed by atoms with Gasteiger partial charge in [0.2, 0.25) is 0 Å². The number of carboxylic acid groups (broad SMARTS) is 1. The lowest BCUT2D eigenvalue weighted by Gasteiger charge is -2.12. The number of rotatable bonds is 8. The van der Waals surface area contributed by atoms with E-state index in [4.69, 9.17) is 30.6 Å². The van der Waals surface area contributed by atoms with Crippen molar-refractivity contribution in [1.82, 2.24) is 0 Å². The van der Waals surface area contributed by atoms with Gasteiger partial charge < -0.3 is 35.4 Å². The van der Waals surface area contributed by atoms with Gasteiger partial charge in [-0.15, -0.1) is 0 Å². The molecule has 126 valence electrons. The molecule has 0 aromatic rings. The maximum Gasteiger partial charge on any atom is 0.338 e. The van der Waals surface area contributed by atoms with Crippen LogP contribution in [0.5, 0.6) is 0 Å².